The van der Waals surface area contributed by atoms with Crippen LogP contribution < -0.4 is 0 Å². The van der Waals surface area contributed by atoms with Crippen LogP contribution >= 0.6 is 40.2 Å². The number of ketones is 1. The number of alkyl halides is 2. The van der Waals surface area contributed by atoms with Crippen molar-refractivity contribution in [1.29, 1.82) is 0 Å². The lowest BCUT2D eigenvalue weighted by molar-refractivity contribution is 0.0989. The fraction of sp³-hybridized carbons (Fsp3) is 0.300. The predicted molar refractivity (Wildman–Crippen MR) is 66.0 cm³/mol. The van der Waals surface area contributed by atoms with E-state index in [0.717, 1.165) is 5.56 Å². The van der Waals surface area contributed by atoms with Crippen LogP contribution in [0.1, 0.15) is 22.8 Å². The number of benzene rings is 1. The Bertz CT molecular complexity index is 352. The second-order valence-corrected chi connectivity index (χ2v) is 4.59. The zero-order valence-corrected chi connectivity index (χ0v) is 10.9. The van der Waals surface area contributed by atoms with Crippen LogP contribution in [0.4, 0.5) is 0 Å². The van der Waals surface area contributed by atoms with Crippen LogP contribution in [0.2, 0.25) is 0 Å². The molecule has 0 saturated carbocycles. The van der Waals surface area contributed by atoms with Crippen LogP contribution in [0.3, 0.4) is 0 Å². The van der Waals surface area contributed by atoms with Gasteiger partial charge in [-0.05, 0) is 12.5 Å². The number of thiol groups is 1. The standard InChI is InChI=1S/C10H10BrClOS/c1-6(12)9(13)8-4-2-3-7(5-11)10(8)14/h2-4,6,14H,5H2,1H3. The lowest BCUT2D eigenvalue weighted by Gasteiger charge is -2.08. The van der Waals surface area contributed by atoms with Crippen molar-refractivity contribution >= 4 is 45.9 Å². The summed E-state index contributed by atoms with van der Waals surface area (Å²) in [7, 11) is 0. The third kappa shape index (κ3) is 2.53. The van der Waals surface area contributed by atoms with Gasteiger partial charge in [-0.15, -0.1) is 24.2 Å². The highest BCUT2D eigenvalue weighted by Crippen LogP contribution is 2.23. The SMILES string of the molecule is CC(Cl)C(=O)c1cccc(CBr)c1S. The van der Waals surface area contributed by atoms with E-state index in [0.29, 0.717) is 15.8 Å². The maximum absolute atomic E-state index is 11.6. The van der Waals surface area contributed by atoms with E-state index in [2.05, 4.69) is 28.6 Å². The van der Waals surface area contributed by atoms with E-state index in [9.17, 15) is 4.79 Å². The van der Waals surface area contributed by atoms with Crippen LogP contribution in [0.15, 0.2) is 23.1 Å². The van der Waals surface area contributed by atoms with Crippen molar-refractivity contribution in [2.45, 2.75) is 22.5 Å². The highest BCUT2D eigenvalue weighted by molar-refractivity contribution is 9.08. The molecule has 76 valence electrons. The van der Waals surface area contributed by atoms with E-state index in [1.54, 1.807) is 13.0 Å². The van der Waals surface area contributed by atoms with Gasteiger partial charge in [0.05, 0.1) is 5.38 Å². The van der Waals surface area contributed by atoms with Gasteiger partial charge >= 0.3 is 0 Å². The van der Waals surface area contributed by atoms with Crippen molar-refractivity contribution in [3.05, 3.63) is 29.3 Å². The van der Waals surface area contributed by atoms with Crippen LogP contribution in [0.25, 0.3) is 0 Å². The Labute approximate surface area is 102 Å². The Morgan fingerprint density at radius 3 is 2.79 bits per heavy atom. The first kappa shape index (κ1) is 12.1. The van der Waals surface area contributed by atoms with E-state index in [4.69, 9.17) is 11.6 Å². The zero-order chi connectivity index (χ0) is 10.7. The van der Waals surface area contributed by atoms with E-state index in [-0.39, 0.29) is 5.78 Å². The molecule has 0 heterocycles. The molecule has 4 heteroatoms. The lowest BCUT2D eigenvalue weighted by atomic mass is 10.1. The Morgan fingerprint density at radius 1 is 1.64 bits per heavy atom. The van der Waals surface area contributed by atoms with Crippen molar-refractivity contribution in [2.75, 3.05) is 0 Å². The fourth-order valence-corrected chi connectivity index (χ4v) is 2.25. The lowest BCUT2D eigenvalue weighted by Crippen LogP contribution is -2.11. The van der Waals surface area contributed by atoms with Crippen molar-refractivity contribution in [2.24, 2.45) is 0 Å². The highest BCUT2D eigenvalue weighted by atomic mass is 79.9. The summed E-state index contributed by atoms with van der Waals surface area (Å²) in [5.41, 5.74) is 1.59. The smallest absolute Gasteiger partial charge is 0.181 e. The second-order valence-electron chi connectivity index (χ2n) is 2.93. The van der Waals surface area contributed by atoms with Gasteiger partial charge in [-0.3, -0.25) is 4.79 Å². The van der Waals surface area contributed by atoms with Crippen molar-refractivity contribution in [1.82, 2.24) is 0 Å². The normalized spacial score (nSPS) is 12.6. The molecule has 1 aromatic rings. The second kappa shape index (κ2) is 5.19. The molecule has 0 saturated heterocycles. The Hall–Kier alpha value is 0.01000. The average Bonchev–Trinajstić information content (AvgIpc) is 2.17. The summed E-state index contributed by atoms with van der Waals surface area (Å²) in [5, 5.41) is 0.176. The van der Waals surface area contributed by atoms with Crippen LogP contribution in [-0.4, -0.2) is 11.2 Å². The molecule has 0 spiro atoms. The largest absolute Gasteiger partial charge is 0.292 e. The molecule has 0 aromatic heterocycles. The van der Waals surface area contributed by atoms with Crippen molar-refractivity contribution in [3.63, 3.8) is 0 Å². The molecule has 1 unspecified atom stereocenters. The zero-order valence-electron chi connectivity index (χ0n) is 7.63. The fourth-order valence-electron chi connectivity index (χ4n) is 1.11. The minimum Gasteiger partial charge on any atom is -0.292 e. The Balaban J connectivity index is 3.16. The minimum atomic E-state index is -0.508. The number of rotatable bonds is 3. The molecule has 0 aliphatic heterocycles. The molecule has 0 N–H and O–H groups in total. The monoisotopic (exact) mass is 292 g/mol. The minimum absolute atomic E-state index is 0.0838. The number of carbonyl (C=O) groups is 1. The van der Waals surface area contributed by atoms with Crippen molar-refractivity contribution in [3.8, 4) is 0 Å². The summed E-state index contributed by atoms with van der Waals surface area (Å²) in [4.78, 5) is 12.3. The number of hydrogen-bond acceptors (Lipinski definition) is 2. The maximum Gasteiger partial charge on any atom is 0.181 e. The van der Waals surface area contributed by atoms with Gasteiger partial charge in [0.2, 0.25) is 0 Å². The van der Waals surface area contributed by atoms with E-state index < -0.39 is 5.38 Å². The molecule has 1 nitrogen and oxygen atoms in total. The van der Waals surface area contributed by atoms with Crippen LogP contribution in [0, 0.1) is 0 Å². The Kier molecular flexibility index (Phi) is 4.48. The molecule has 0 aliphatic rings. The van der Waals surface area contributed by atoms with E-state index in [1.165, 1.54) is 0 Å². The summed E-state index contributed by atoms with van der Waals surface area (Å²) in [6.45, 7) is 1.66. The summed E-state index contributed by atoms with van der Waals surface area (Å²) in [6, 6.07) is 5.51. The molecule has 0 amide bonds. The van der Waals surface area contributed by atoms with Gasteiger partial charge < -0.3 is 0 Å². The number of Topliss-reactive ketones (excluding diaryl/α,β-unsaturated/α-hetero) is 1. The topological polar surface area (TPSA) is 17.1 Å². The number of halogens is 2. The first-order valence-electron chi connectivity index (χ1n) is 4.13. The third-order valence-electron chi connectivity index (χ3n) is 1.89. The van der Waals surface area contributed by atoms with Crippen molar-refractivity contribution < 1.29 is 4.79 Å². The Morgan fingerprint density at radius 2 is 2.29 bits per heavy atom. The van der Waals surface area contributed by atoms with Gasteiger partial charge in [-0.1, -0.05) is 34.1 Å². The van der Waals surface area contributed by atoms with Gasteiger partial charge in [0, 0.05) is 15.8 Å². The van der Waals surface area contributed by atoms with Crippen LogP contribution in [-0.2, 0) is 5.33 Å². The van der Waals surface area contributed by atoms with Gasteiger partial charge in [-0.25, -0.2) is 0 Å². The molecule has 0 bridgehead atoms. The molecular formula is C10H10BrClOS. The number of hydrogen-bond donors (Lipinski definition) is 1. The van der Waals surface area contributed by atoms with E-state index in [1.807, 2.05) is 12.1 Å². The summed E-state index contributed by atoms with van der Waals surface area (Å²) in [6.07, 6.45) is 0. The summed E-state index contributed by atoms with van der Waals surface area (Å²) in [5.74, 6) is -0.0838. The molecule has 1 rings (SSSR count). The summed E-state index contributed by atoms with van der Waals surface area (Å²) >= 11 is 13.4. The number of carbonyl (C=O) groups excluding carboxylic acids is 1. The van der Waals surface area contributed by atoms with Gasteiger partial charge in [0.25, 0.3) is 0 Å². The van der Waals surface area contributed by atoms with Gasteiger partial charge in [0.1, 0.15) is 0 Å². The van der Waals surface area contributed by atoms with Gasteiger partial charge in [0.15, 0.2) is 5.78 Å². The quantitative estimate of drug-likeness (QED) is 0.511. The molecule has 14 heavy (non-hydrogen) atoms. The molecule has 0 radical (unpaired) electrons. The average molecular weight is 294 g/mol. The molecular weight excluding hydrogens is 284 g/mol. The molecule has 0 aliphatic carbocycles. The molecule has 0 fully saturated rings. The molecule has 1 atom stereocenters. The van der Waals surface area contributed by atoms with Crippen LogP contribution in [0.5, 0.6) is 0 Å². The third-order valence-corrected chi connectivity index (χ3v) is 3.22. The van der Waals surface area contributed by atoms with Gasteiger partial charge in [-0.2, -0.15) is 0 Å². The summed E-state index contributed by atoms with van der Waals surface area (Å²) < 4.78 is 0. The first-order chi connectivity index (χ1) is 6.57. The molecule has 1 aromatic carbocycles. The predicted octanol–water partition coefficient (Wildman–Crippen LogP) is 3.68. The van der Waals surface area contributed by atoms with E-state index >= 15 is 0 Å². The first-order valence-corrected chi connectivity index (χ1v) is 6.13. The maximum atomic E-state index is 11.6. The highest BCUT2D eigenvalue weighted by Gasteiger charge is 2.16.